The number of ether oxygens (including phenoxy) is 1. The van der Waals surface area contributed by atoms with Crippen molar-refractivity contribution in [3.8, 4) is 0 Å². The first-order chi connectivity index (χ1) is 17.6. The van der Waals surface area contributed by atoms with E-state index in [1.54, 1.807) is 6.92 Å². The van der Waals surface area contributed by atoms with Gasteiger partial charge >= 0.3 is 5.97 Å². The highest BCUT2D eigenvalue weighted by Crippen LogP contribution is 2.24. The molecule has 0 radical (unpaired) electrons. The zero-order valence-corrected chi connectivity index (χ0v) is 22.0. The van der Waals surface area contributed by atoms with E-state index >= 15 is 0 Å². The van der Waals surface area contributed by atoms with Crippen LogP contribution >= 0.6 is 0 Å². The van der Waals surface area contributed by atoms with Gasteiger partial charge in [-0.3, -0.25) is 14.5 Å². The van der Waals surface area contributed by atoms with Crippen molar-refractivity contribution in [3.63, 3.8) is 0 Å². The van der Waals surface area contributed by atoms with Crippen LogP contribution in [-0.2, 0) is 14.3 Å². The van der Waals surface area contributed by atoms with Crippen molar-refractivity contribution in [3.05, 3.63) is 12.3 Å². The summed E-state index contributed by atoms with van der Waals surface area (Å²) in [4.78, 5) is 40.5. The maximum atomic E-state index is 12.5. The molecule has 1 N–H and O–H groups in total. The van der Waals surface area contributed by atoms with E-state index in [1.807, 2.05) is 17.2 Å². The molecule has 1 aromatic heterocycles. The molecule has 36 heavy (non-hydrogen) atoms. The fourth-order valence-corrected chi connectivity index (χ4v) is 5.78. The molecule has 3 aliphatic heterocycles. The van der Waals surface area contributed by atoms with Crippen LogP contribution in [0.1, 0.15) is 77.6 Å². The van der Waals surface area contributed by atoms with E-state index in [0.717, 1.165) is 70.3 Å². The Morgan fingerprint density at radius 2 is 1.72 bits per heavy atom. The molecular formula is C27H44N6O3. The third-order valence-electron chi connectivity index (χ3n) is 7.79. The molecule has 3 aliphatic rings. The first kappa shape index (κ1) is 26.6. The summed E-state index contributed by atoms with van der Waals surface area (Å²) in [6.45, 7) is 7.93. The summed E-state index contributed by atoms with van der Waals surface area (Å²) >= 11 is 0. The van der Waals surface area contributed by atoms with E-state index < -0.39 is 0 Å². The second kappa shape index (κ2) is 13.8. The predicted octanol–water partition coefficient (Wildman–Crippen LogP) is 3.46. The lowest BCUT2D eigenvalue weighted by Crippen LogP contribution is -2.49. The fraction of sp³-hybridized carbons (Fsp3) is 0.778. The summed E-state index contributed by atoms with van der Waals surface area (Å²) in [5, 5.41) is 3.65. The van der Waals surface area contributed by atoms with Gasteiger partial charge in [0, 0.05) is 57.4 Å². The van der Waals surface area contributed by atoms with Gasteiger partial charge in [0.2, 0.25) is 11.9 Å². The highest BCUT2D eigenvalue weighted by atomic mass is 16.5. The van der Waals surface area contributed by atoms with Gasteiger partial charge in [-0.1, -0.05) is 19.3 Å². The van der Waals surface area contributed by atoms with Crippen molar-refractivity contribution >= 4 is 23.6 Å². The second-order valence-electron chi connectivity index (χ2n) is 10.4. The Morgan fingerprint density at radius 3 is 2.47 bits per heavy atom. The minimum atomic E-state index is -0.287. The van der Waals surface area contributed by atoms with Crippen LogP contribution in [-0.4, -0.2) is 89.6 Å². The number of rotatable bonds is 8. The van der Waals surface area contributed by atoms with Crippen LogP contribution in [0.5, 0.6) is 0 Å². The second-order valence-corrected chi connectivity index (χ2v) is 10.4. The number of aromatic nitrogens is 2. The van der Waals surface area contributed by atoms with Gasteiger partial charge in [-0.05, 0) is 58.1 Å². The minimum absolute atomic E-state index is 0.0679. The molecule has 9 heteroatoms. The van der Waals surface area contributed by atoms with E-state index in [2.05, 4.69) is 20.1 Å². The molecular weight excluding hydrogens is 456 g/mol. The summed E-state index contributed by atoms with van der Waals surface area (Å²) in [6.07, 6.45) is 12.9. The Kier molecular flexibility index (Phi) is 10.2. The first-order valence-electron chi connectivity index (χ1n) is 14.1. The van der Waals surface area contributed by atoms with Gasteiger partial charge in [-0.15, -0.1) is 0 Å². The lowest BCUT2D eigenvalue weighted by Gasteiger charge is -2.39. The lowest BCUT2D eigenvalue weighted by molar-refractivity contribution is -0.146. The molecule has 1 amide bonds. The van der Waals surface area contributed by atoms with Crippen LogP contribution in [0.25, 0.3) is 0 Å². The molecule has 1 unspecified atom stereocenters. The number of hydrogen-bond acceptors (Lipinski definition) is 8. The standard InChI is InChI=1S/C27H44N6O3/c1-2-36-26(35)11-10-25(34)32-19-13-23(14-20-32)33-18-8-5-9-22(21-33)29-27-28-15-12-24(30-27)31-16-6-3-4-7-17-31/h12,15,22-23H,2-11,13-14,16-21H2,1H3,(H,28,29,30). The van der Waals surface area contributed by atoms with Gasteiger partial charge in [-0.25, -0.2) is 4.98 Å². The SMILES string of the molecule is CCOC(=O)CCC(=O)N1CCC(N2CCCCC(Nc3nccc(N4CCCCCC4)n3)C2)CC1. The molecule has 4 heterocycles. The number of piperidine rings is 1. The smallest absolute Gasteiger partial charge is 0.306 e. The molecule has 1 atom stereocenters. The molecule has 4 rings (SSSR count). The fourth-order valence-electron chi connectivity index (χ4n) is 5.78. The van der Waals surface area contributed by atoms with Crippen molar-refractivity contribution in [2.75, 3.05) is 56.1 Å². The van der Waals surface area contributed by atoms with Gasteiger partial charge in [0.25, 0.3) is 0 Å². The van der Waals surface area contributed by atoms with Crippen molar-refractivity contribution in [2.24, 2.45) is 0 Å². The van der Waals surface area contributed by atoms with Crippen molar-refractivity contribution in [2.45, 2.75) is 89.6 Å². The number of carbonyl (C=O) groups excluding carboxylic acids is 2. The van der Waals surface area contributed by atoms with Crippen LogP contribution in [0.3, 0.4) is 0 Å². The van der Waals surface area contributed by atoms with Crippen LogP contribution in [0.2, 0.25) is 0 Å². The highest BCUT2D eigenvalue weighted by Gasteiger charge is 2.29. The molecule has 200 valence electrons. The normalized spacial score (nSPS) is 22.5. The maximum Gasteiger partial charge on any atom is 0.306 e. The summed E-state index contributed by atoms with van der Waals surface area (Å²) in [6, 6.07) is 2.86. The Labute approximate surface area is 216 Å². The molecule has 1 aromatic rings. The average molecular weight is 501 g/mol. The summed E-state index contributed by atoms with van der Waals surface area (Å²) < 4.78 is 4.95. The molecule has 0 saturated carbocycles. The zero-order chi connectivity index (χ0) is 25.2. The molecule has 0 aliphatic carbocycles. The van der Waals surface area contributed by atoms with Crippen LogP contribution in [0, 0.1) is 0 Å². The third-order valence-corrected chi connectivity index (χ3v) is 7.79. The van der Waals surface area contributed by atoms with E-state index in [-0.39, 0.29) is 24.7 Å². The largest absolute Gasteiger partial charge is 0.466 e. The number of hydrogen-bond donors (Lipinski definition) is 1. The number of anilines is 2. The minimum Gasteiger partial charge on any atom is -0.466 e. The number of amides is 1. The lowest BCUT2D eigenvalue weighted by atomic mass is 10.0. The van der Waals surface area contributed by atoms with Crippen LogP contribution in [0.15, 0.2) is 12.3 Å². The molecule has 0 spiro atoms. The first-order valence-corrected chi connectivity index (χ1v) is 14.1. The zero-order valence-electron chi connectivity index (χ0n) is 22.0. The molecule has 3 saturated heterocycles. The summed E-state index contributed by atoms with van der Waals surface area (Å²) in [5.74, 6) is 1.56. The number of carbonyl (C=O) groups is 2. The summed E-state index contributed by atoms with van der Waals surface area (Å²) in [7, 11) is 0. The quantitative estimate of drug-likeness (QED) is 0.543. The number of nitrogens with zero attached hydrogens (tertiary/aromatic N) is 5. The molecule has 0 aromatic carbocycles. The molecule has 0 bridgehead atoms. The Hall–Kier alpha value is -2.42. The van der Waals surface area contributed by atoms with Crippen LogP contribution in [0.4, 0.5) is 11.8 Å². The van der Waals surface area contributed by atoms with E-state index in [0.29, 0.717) is 18.7 Å². The average Bonchev–Trinajstić information content (AvgIpc) is 3.31. The highest BCUT2D eigenvalue weighted by molar-refractivity contribution is 5.81. The Balaban J connectivity index is 1.27. The van der Waals surface area contributed by atoms with Crippen molar-refractivity contribution in [1.82, 2.24) is 19.8 Å². The molecule has 9 nitrogen and oxygen atoms in total. The van der Waals surface area contributed by atoms with Gasteiger partial charge < -0.3 is 19.9 Å². The van der Waals surface area contributed by atoms with E-state index in [4.69, 9.17) is 9.72 Å². The predicted molar refractivity (Wildman–Crippen MR) is 141 cm³/mol. The van der Waals surface area contributed by atoms with E-state index in [9.17, 15) is 9.59 Å². The summed E-state index contributed by atoms with van der Waals surface area (Å²) in [5.41, 5.74) is 0. The van der Waals surface area contributed by atoms with Crippen molar-refractivity contribution < 1.29 is 14.3 Å². The Morgan fingerprint density at radius 1 is 0.972 bits per heavy atom. The number of esters is 1. The number of nitrogens with one attached hydrogen (secondary N) is 1. The third kappa shape index (κ3) is 7.79. The monoisotopic (exact) mass is 500 g/mol. The Bertz CT molecular complexity index is 837. The van der Waals surface area contributed by atoms with Gasteiger partial charge in [0.05, 0.1) is 13.0 Å². The number of likely N-dealkylation sites (tertiary alicyclic amines) is 2. The van der Waals surface area contributed by atoms with Gasteiger partial charge in [0.15, 0.2) is 0 Å². The topological polar surface area (TPSA) is 90.9 Å². The van der Waals surface area contributed by atoms with Gasteiger partial charge in [0.1, 0.15) is 5.82 Å². The van der Waals surface area contributed by atoms with Crippen molar-refractivity contribution in [1.29, 1.82) is 0 Å². The molecule has 3 fully saturated rings. The van der Waals surface area contributed by atoms with Crippen LogP contribution < -0.4 is 10.2 Å². The van der Waals surface area contributed by atoms with Gasteiger partial charge in [-0.2, -0.15) is 4.98 Å². The van der Waals surface area contributed by atoms with E-state index in [1.165, 1.54) is 38.5 Å². The maximum absolute atomic E-state index is 12.5.